The molecule has 186 valence electrons. The molecule has 0 aliphatic rings. The van der Waals surface area contributed by atoms with Crippen LogP contribution in [0.5, 0.6) is 0 Å². The maximum atomic E-state index is 11.8. The van der Waals surface area contributed by atoms with Gasteiger partial charge in [-0.25, -0.2) is 4.79 Å². The number of benzene rings is 1. The summed E-state index contributed by atoms with van der Waals surface area (Å²) in [6.45, 7) is 20.6. The van der Waals surface area contributed by atoms with Crippen molar-refractivity contribution in [3.05, 3.63) is 28.8 Å². The maximum absolute atomic E-state index is 11.8. The Labute approximate surface area is 200 Å². The molecule has 0 aliphatic heterocycles. The van der Waals surface area contributed by atoms with E-state index in [-0.39, 0.29) is 10.8 Å². The number of amides is 1. The SMILES string of the molecule is CC.CC(C)(CNC(=O)OC(C)(C)C)COCC(C)(C)COCCc1cc(N)cc(Cl)c1. The van der Waals surface area contributed by atoms with Crippen molar-refractivity contribution in [3.8, 4) is 0 Å². The Bertz CT molecular complexity index is 665. The Balaban J connectivity index is 0.00000466. The number of anilines is 1. The average Bonchev–Trinajstić information content (AvgIpc) is 2.63. The number of carbonyl (C=O) groups excluding carboxylic acids is 1. The van der Waals surface area contributed by atoms with Gasteiger partial charge in [-0.15, -0.1) is 0 Å². The Morgan fingerprint density at radius 3 is 2.06 bits per heavy atom. The van der Waals surface area contributed by atoms with Gasteiger partial charge in [0.25, 0.3) is 0 Å². The van der Waals surface area contributed by atoms with Crippen LogP contribution in [0.1, 0.15) is 67.9 Å². The predicted molar refractivity (Wildman–Crippen MR) is 134 cm³/mol. The fourth-order valence-corrected chi connectivity index (χ4v) is 2.95. The fraction of sp³-hybridized carbons (Fsp3) is 0.720. The number of nitrogens with two attached hydrogens (primary N) is 1. The number of hydrogen-bond donors (Lipinski definition) is 2. The summed E-state index contributed by atoms with van der Waals surface area (Å²) in [5.41, 5.74) is 6.70. The molecule has 1 aromatic rings. The lowest BCUT2D eigenvalue weighted by Crippen LogP contribution is -2.40. The molecule has 0 unspecified atom stereocenters. The van der Waals surface area contributed by atoms with Crippen molar-refractivity contribution in [1.29, 1.82) is 0 Å². The molecule has 1 aromatic carbocycles. The lowest BCUT2D eigenvalue weighted by Gasteiger charge is -2.29. The van der Waals surface area contributed by atoms with Crippen molar-refractivity contribution in [2.45, 2.75) is 74.3 Å². The first kappa shape index (κ1) is 30.5. The van der Waals surface area contributed by atoms with E-state index in [1.807, 2.05) is 60.6 Å². The van der Waals surface area contributed by atoms with Gasteiger partial charge >= 0.3 is 6.09 Å². The van der Waals surface area contributed by atoms with Crippen LogP contribution in [0.2, 0.25) is 5.02 Å². The second kappa shape index (κ2) is 13.9. The number of hydrogen-bond acceptors (Lipinski definition) is 5. The summed E-state index contributed by atoms with van der Waals surface area (Å²) in [6, 6.07) is 5.55. The van der Waals surface area contributed by atoms with Gasteiger partial charge in [0.15, 0.2) is 0 Å². The molecule has 32 heavy (non-hydrogen) atoms. The van der Waals surface area contributed by atoms with E-state index in [2.05, 4.69) is 19.2 Å². The second-order valence-electron chi connectivity index (χ2n) is 10.4. The molecule has 0 saturated carbocycles. The van der Waals surface area contributed by atoms with Gasteiger partial charge in [-0.1, -0.05) is 53.1 Å². The van der Waals surface area contributed by atoms with E-state index < -0.39 is 11.7 Å². The molecule has 0 saturated heterocycles. The lowest BCUT2D eigenvalue weighted by atomic mass is 9.93. The van der Waals surface area contributed by atoms with Crippen molar-refractivity contribution in [2.24, 2.45) is 10.8 Å². The van der Waals surface area contributed by atoms with Gasteiger partial charge in [-0.3, -0.25) is 0 Å². The molecule has 0 aromatic heterocycles. The molecule has 7 heteroatoms. The minimum atomic E-state index is -0.506. The predicted octanol–water partition coefficient (Wildman–Crippen LogP) is 6.10. The first-order chi connectivity index (χ1) is 14.7. The van der Waals surface area contributed by atoms with Gasteiger partial charge in [0, 0.05) is 28.1 Å². The number of nitrogen functional groups attached to an aromatic ring is 1. The van der Waals surface area contributed by atoms with E-state index in [0.717, 1.165) is 12.0 Å². The van der Waals surface area contributed by atoms with Crippen LogP contribution >= 0.6 is 11.6 Å². The van der Waals surface area contributed by atoms with Crippen molar-refractivity contribution in [2.75, 3.05) is 38.7 Å². The maximum Gasteiger partial charge on any atom is 0.407 e. The smallest absolute Gasteiger partial charge is 0.407 e. The Hall–Kier alpha value is -1.50. The van der Waals surface area contributed by atoms with Gasteiger partial charge in [-0.2, -0.15) is 0 Å². The lowest BCUT2D eigenvalue weighted by molar-refractivity contribution is -0.0249. The zero-order chi connectivity index (χ0) is 25.0. The minimum Gasteiger partial charge on any atom is -0.444 e. The first-order valence-corrected chi connectivity index (χ1v) is 11.7. The van der Waals surface area contributed by atoms with Crippen molar-refractivity contribution < 1.29 is 19.0 Å². The van der Waals surface area contributed by atoms with E-state index in [4.69, 9.17) is 31.5 Å². The number of carbonyl (C=O) groups is 1. The molecular weight excluding hydrogens is 428 g/mol. The Kier molecular flexibility index (Phi) is 13.3. The molecule has 3 N–H and O–H groups in total. The highest BCUT2D eigenvalue weighted by atomic mass is 35.5. The van der Waals surface area contributed by atoms with Crippen LogP contribution in [0.25, 0.3) is 0 Å². The molecule has 0 atom stereocenters. The van der Waals surface area contributed by atoms with Crippen LogP contribution in [0.4, 0.5) is 10.5 Å². The van der Waals surface area contributed by atoms with Gasteiger partial charge < -0.3 is 25.3 Å². The zero-order valence-corrected chi connectivity index (χ0v) is 22.3. The number of nitrogens with one attached hydrogen (secondary N) is 1. The fourth-order valence-electron chi connectivity index (χ4n) is 2.68. The molecular formula is C25H45ClN2O4. The van der Waals surface area contributed by atoms with Crippen LogP contribution in [-0.4, -0.2) is 44.7 Å². The molecule has 0 heterocycles. The summed E-state index contributed by atoms with van der Waals surface area (Å²) in [7, 11) is 0. The third-order valence-electron chi connectivity index (χ3n) is 4.10. The van der Waals surface area contributed by atoms with E-state index >= 15 is 0 Å². The summed E-state index contributed by atoms with van der Waals surface area (Å²) < 4.78 is 17.1. The molecule has 0 spiro atoms. The molecule has 0 fully saturated rings. The first-order valence-electron chi connectivity index (χ1n) is 11.3. The summed E-state index contributed by atoms with van der Waals surface area (Å²) >= 11 is 6.03. The van der Waals surface area contributed by atoms with Crippen molar-refractivity contribution >= 4 is 23.4 Å². The zero-order valence-electron chi connectivity index (χ0n) is 21.6. The summed E-state index contributed by atoms with van der Waals surface area (Å²) in [6.07, 6.45) is 0.344. The standard InChI is InChI=1S/C23H39ClN2O4.C2H6/c1-21(2,3)30-20(27)26-13-22(4,5)14-29-16-23(6,7)15-28-9-8-17-10-18(24)12-19(25)11-17;1-2/h10-12H,8-9,13-16,25H2,1-7H3,(H,26,27);1-2H3. The average molecular weight is 473 g/mol. The minimum absolute atomic E-state index is 0.123. The van der Waals surface area contributed by atoms with Crippen LogP contribution in [-0.2, 0) is 20.6 Å². The highest BCUT2D eigenvalue weighted by Crippen LogP contribution is 2.21. The number of halogens is 1. The van der Waals surface area contributed by atoms with E-state index in [1.54, 1.807) is 6.07 Å². The summed E-state index contributed by atoms with van der Waals surface area (Å²) in [5.74, 6) is 0. The van der Waals surface area contributed by atoms with Gasteiger partial charge in [0.2, 0.25) is 0 Å². The van der Waals surface area contributed by atoms with Crippen molar-refractivity contribution in [3.63, 3.8) is 0 Å². The van der Waals surface area contributed by atoms with Crippen LogP contribution < -0.4 is 11.1 Å². The molecule has 0 bridgehead atoms. The highest BCUT2D eigenvalue weighted by Gasteiger charge is 2.24. The highest BCUT2D eigenvalue weighted by molar-refractivity contribution is 6.30. The normalized spacial score (nSPS) is 12.1. The van der Waals surface area contributed by atoms with Gasteiger partial charge in [-0.05, 0) is 51.0 Å². The quantitative estimate of drug-likeness (QED) is 0.300. The molecule has 1 rings (SSSR count). The van der Waals surface area contributed by atoms with Crippen LogP contribution in [0, 0.1) is 10.8 Å². The Morgan fingerprint density at radius 2 is 1.50 bits per heavy atom. The monoisotopic (exact) mass is 472 g/mol. The largest absolute Gasteiger partial charge is 0.444 e. The van der Waals surface area contributed by atoms with Crippen LogP contribution in [0.3, 0.4) is 0 Å². The van der Waals surface area contributed by atoms with E-state index in [0.29, 0.717) is 43.7 Å². The third-order valence-corrected chi connectivity index (χ3v) is 4.32. The van der Waals surface area contributed by atoms with Crippen LogP contribution in [0.15, 0.2) is 18.2 Å². The Morgan fingerprint density at radius 1 is 0.938 bits per heavy atom. The third kappa shape index (κ3) is 15.3. The number of rotatable bonds is 11. The second-order valence-corrected chi connectivity index (χ2v) is 10.8. The summed E-state index contributed by atoms with van der Waals surface area (Å²) in [5, 5.41) is 3.45. The molecule has 0 aliphatic carbocycles. The molecule has 0 radical (unpaired) electrons. The number of ether oxygens (including phenoxy) is 3. The van der Waals surface area contributed by atoms with Crippen molar-refractivity contribution in [1.82, 2.24) is 5.32 Å². The van der Waals surface area contributed by atoms with Gasteiger partial charge in [0.1, 0.15) is 5.60 Å². The van der Waals surface area contributed by atoms with E-state index in [1.165, 1.54) is 0 Å². The topological polar surface area (TPSA) is 82.8 Å². The molecule has 6 nitrogen and oxygen atoms in total. The van der Waals surface area contributed by atoms with E-state index in [9.17, 15) is 4.79 Å². The summed E-state index contributed by atoms with van der Waals surface area (Å²) in [4.78, 5) is 11.8. The number of alkyl carbamates (subject to hydrolysis) is 1. The molecule has 1 amide bonds. The van der Waals surface area contributed by atoms with Gasteiger partial charge in [0.05, 0.1) is 26.4 Å².